The second kappa shape index (κ2) is 8.93. The SMILES string of the molecule is CCCn1c(=O)c2ccccc2n2c(SCC(=O)Nc3cccc(SC)c3)nnc12. The van der Waals surface area contributed by atoms with Gasteiger partial charge in [-0.05, 0) is 43.0 Å². The molecule has 1 N–H and O–H groups in total. The number of fused-ring (bicyclic) bond motifs is 3. The summed E-state index contributed by atoms with van der Waals surface area (Å²) < 4.78 is 3.51. The summed E-state index contributed by atoms with van der Waals surface area (Å²) in [6, 6.07) is 15.1. The van der Waals surface area contributed by atoms with Gasteiger partial charge in [0.05, 0.1) is 16.7 Å². The number of aryl methyl sites for hydroxylation is 1. The highest BCUT2D eigenvalue weighted by molar-refractivity contribution is 7.99. The lowest BCUT2D eigenvalue weighted by Gasteiger charge is -2.10. The fourth-order valence-electron chi connectivity index (χ4n) is 3.28. The summed E-state index contributed by atoms with van der Waals surface area (Å²) in [6.07, 6.45) is 2.80. The molecule has 0 radical (unpaired) electrons. The molecule has 0 aliphatic heterocycles. The number of aromatic nitrogens is 4. The zero-order valence-corrected chi connectivity index (χ0v) is 18.3. The summed E-state index contributed by atoms with van der Waals surface area (Å²) in [6.45, 7) is 2.57. The number of hydrogen-bond donors (Lipinski definition) is 1. The second-order valence-corrected chi connectivity index (χ2v) is 8.48. The molecule has 2 aromatic heterocycles. The molecule has 0 saturated carbocycles. The van der Waals surface area contributed by atoms with Gasteiger partial charge in [-0.1, -0.05) is 36.9 Å². The minimum atomic E-state index is -0.124. The summed E-state index contributed by atoms with van der Waals surface area (Å²) in [7, 11) is 0. The highest BCUT2D eigenvalue weighted by atomic mass is 32.2. The van der Waals surface area contributed by atoms with E-state index in [0.29, 0.717) is 22.9 Å². The van der Waals surface area contributed by atoms with Gasteiger partial charge in [-0.3, -0.25) is 18.6 Å². The number of anilines is 1. The van der Waals surface area contributed by atoms with E-state index in [1.165, 1.54) is 11.8 Å². The molecule has 30 heavy (non-hydrogen) atoms. The van der Waals surface area contributed by atoms with Crippen LogP contribution in [0.5, 0.6) is 0 Å². The van der Waals surface area contributed by atoms with Crippen LogP contribution in [0.15, 0.2) is 63.4 Å². The van der Waals surface area contributed by atoms with Gasteiger partial charge < -0.3 is 5.32 Å². The van der Waals surface area contributed by atoms with Crippen molar-refractivity contribution in [1.82, 2.24) is 19.2 Å². The zero-order valence-electron chi connectivity index (χ0n) is 16.7. The summed E-state index contributed by atoms with van der Waals surface area (Å²) in [5.41, 5.74) is 1.43. The number of carbonyl (C=O) groups excluding carboxylic acids is 1. The summed E-state index contributed by atoms with van der Waals surface area (Å²) in [5, 5.41) is 12.6. The van der Waals surface area contributed by atoms with E-state index in [2.05, 4.69) is 15.5 Å². The number of thioether (sulfide) groups is 2. The minimum Gasteiger partial charge on any atom is -0.325 e. The Labute approximate surface area is 181 Å². The van der Waals surface area contributed by atoms with Crippen molar-refractivity contribution in [3.63, 3.8) is 0 Å². The molecule has 0 saturated heterocycles. The summed E-state index contributed by atoms with van der Waals surface area (Å²) >= 11 is 2.92. The fourth-order valence-corrected chi connectivity index (χ4v) is 4.48. The van der Waals surface area contributed by atoms with Gasteiger partial charge in [0, 0.05) is 17.1 Å². The van der Waals surface area contributed by atoms with Gasteiger partial charge in [0.15, 0.2) is 5.16 Å². The fraction of sp³-hybridized carbons (Fsp3) is 0.238. The first-order valence-electron chi connectivity index (χ1n) is 9.55. The van der Waals surface area contributed by atoms with Gasteiger partial charge in [0.25, 0.3) is 5.56 Å². The number of rotatable bonds is 7. The predicted octanol–water partition coefficient (Wildman–Crippen LogP) is 3.91. The largest absolute Gasteiger partial charge is 0.325 e. The van der Waals surface area contributed by atoms with Crippen molar-refractivity contribution in [3.05, 3.63) is 58.9 Å². The number of nitrogens with one attached hydrogen (secondary N) is 1. The van der Waals surface area contributed by atoms with Crippen molar-refractivity contribution in [2.75, 3.05) is 17.3 Å². The molecule has 0 fully saturated rings. The molecule has 7 nitrogen and oxygen atoms in total. The number of benzene rings is 2. The molecule has 2 aromatic carbocycles. The van der Waals surface area contributed by atoms with Crippen LogP contribution in [-0.2, 0) is 11.3 Å². The molecule has 0 atom stereocenters. The van der Waals surface area contributed by atoms with Crippen LogP contribution in [0.2, 0.25) is 0 Å². The normalized spacial score (nSPS) is 11.3. The number of amides is 1. The Kier molecular flexibility index (Phi) is 6.10. The lowest BCUT2D eigenvalue weighted by Crippen LogP contribution is -2.23. The third-order valence-corrected chi connectivity index (χ3v) is 6.27. The van der Waals surface area contributed by atoms with Crippen LogP contribution in [0.3, 0.4) is 0 Å². The predicted molar refractivity (Wildman–Crippen MR) is 123 cm³/mol. The first kappa shape index (κ1) is 20.5. The van der Waals surface area contributed by atoms with Crippen molar-refractivity contribution in [1.29, 1.82) is 0 Å². The molecular weight excluding hydrogens is 418 g/mol. The minimum absolute atomic E-state index is 0.0738. The molecule has 1 amide bonds. The Balaban J connectivity index is 1.63. The van der Waals surface area contributed by atoms with Crippen molar-refractivity contribution < 1.29 is 4.79 Å². The zero-order chi connectivity index (χ0) is 21.1. The Morgan fingerprint density at radius 2 is 1.97 bits per heavy atom. The molecule has 0 aliphatic rings. The molecule has 4 rings (SSSR count). The average Bonchev–Trinajstić information content (AvgIpc) is 3.19. The lowest BCUT2D eigenvalue weighted by atomic mass is 10.2. The maximum absolute atomic E-state index is 12.9. The second-order valence-electron chi connectivity index (χ2n) is 6.66. The highest BCUT2D eigenvalue weighted by Gasteiger charge is 2.17. The van der Waals surface area contributed by atoms with Gasteiger partial charge in [-0.15, -0.1) is 22.0 Å². The van der Waals surface area contributed by atoms with Crippen molar-refractivity contribution in [2.45, 2.75) is 29.9 Å². The van der Waals surface area contributed by atoms with Crippen LogP contribution in [0.4, 0.5) is 5.69 Å². The van der Waals surface area contributed by atoms with Gasteiger partial charge >= 0.3 is 0 Å². The third kappa shape index (κ3) is 3.95. The first-order chi connectivity index (χ1) is 14.6. The average molecular weight is 440 g/mol. The van der Waals surface area contributed by atoms with Gasteiger partial charge in [0.1, 0.15) is 0 Å². The van der Waals surface area contributed by atoms with Crippen molar-refractivity contribution in [3.8, 4) is 0 Å². The van der Waals surface area contributed by atoms with Gasteiger partial charge in [-0.25, -0.2) is 0 Å². The van der Waals surface area contributed by atoms with Crippen LogP contribution in [0.25, 0.3) is 16.7 Å². The van der Waals surface area contributed by atoms with Crippen molar-refractivity contribution >= 4 is 51.8 Å². The standard InChI is InChI=1S/C21H21N5O2S2/c1-3-11-25-19(28)16-9-4-5-10-17(16)26-20(25)23-24-21(26)30-13-18(27)22-14-7-6-8-15(12-14)29-2/h4-10,12H,3,11,13H2,1-2H3,(H,22,27). The summed E-state index contributed by atoms with van der Waals surface area (Å²) in [5.74, 6) is 0.559. The molecule has 2 heterocycles. The van der Waals surface area contributed by atoms with E-state index >= 15 is 0 Å². The van der Waals surface area contributed by atoms with Crippen LogP contribution >= 0.6 is 23.5 Å². The number of hydrogen-bond acceptors (Lipinski definition) is 6. The number of nitrogens with zero attached hydrogens (tertiary/aromatic N) is 4. The van der Waals surface area contributed by atoms with Gasteiger partial charge in [-0.2, -0.15) is 0 Å². The summed E-state index contributed by atoms with van der Waals surface area (Å²) in [4.78, 5) is 26.4. The van der Waals surface area contributed by atoms with E-state index in [-0.39, 0.29) is 17.2 Å². The maximum Gasteiger partial charge on any atom is 0.262 e. The Morgan fingerprint density at radius 3 is 2.77 bits per heavy atom. The van der Waals surface area contributed by atoms with E-state index in [1.807, 2.05) is 66.1 Å². The lowest BCUT2D eigenvalue weighted by molar-refractivity contribution is -0.113. The third-order valence-electron chi connectivity index (χ3n) is 4.61. The number of carbonyl (C=O) groups is 1. The van der Waals surface area contributed by atoms with E-state index in [9.17, 15) is 9.59 Å². The van der Waals surface area contributed by atoms with E-state index in [0.717, 1.165) is 22.5 Å². The number of para-hydroxylation sites is 1. The molecule has 0 bridgehead atoms. The molecule has 9 heteroatoms. The monoisotopic (exact) mass is 439 g/mol. The van der Waals surface area contributed by atoms with E-state index in [4.69, 9.17) is 0 Å². The Bertz CT molecular complexity index is 1280. The van der Waals surface area contributed by atoms with Crippen LogP contribution in [0, 0.1) is 0 Å². The molecule has 0 spiro atoms. The highest BCUT2D eigenvalue weighted by Crippen LogP contribution is 2.23. The van der Waals surface area contributed by atoms with Crippen molar-refractivity contribution in [2.24, 2.45) is 0 Å². The van der Waals surface area contributed by atoms with Crippen LogP contribution in [0.1, 0.15) is 13.3 Å². The smallest absolute Gasteiger partial charge is 0.262 e. The molecular formula is C21H21N5O2S2. The molecule has 0 aliphatic carbocycles. The molecule has 154 valence electrons. The molecule has 4 aromatic rings. The quantitative estimate of drug-likeness (QED) is 0.440. The Hall–Kier alpha value is -2.78. The van der Waals surface area contributed by atoms with Gasteiger partial charge in [0.2, 0.25) is 11.7 Å². The first-order valence-corrected chi connectivity index (χ1v) is 11.8. The van der Waals surface area contributed by atoms with Crippen LogP contribution in [-0.4, -0.2) is 37.1 Å². The molecule has 0 unspecified atom stereocenters. The topological polar surface area (TPSA) is 81.3 Å². The van der Waals surface area contributed by atoms with Crippen LogP contribution < -0.4 is 10.9 Å². The Morgan fingerprint density at radius 1 is 1.13 bits per heavy atom. The van der Waals surface area contributed by atoms with E-state index < -0.39 is 0 Å². The van der Waals surface area contributed by atoms with E-state index in [1.54, 1.807) is 16.3 Å². The maximum atomic E-state index is 12.9.